The molecule has 4 aromatic rings. The highest BCUT2D eigenvalue weighted by atomic mass is 14.7. The molecule has 0 radical (unpaired) electrons. The number of H-pyrrole nitrogens is 1. The van der Waals surface area contributed by atoms with Gasteiger partial charge < -0.3 is 4.98 Å². The quantitative estimate of drug-likeness (QED) is 0.418. The van der Waals surface area contributed by atoms with Gasteiger partial charge in [-0.1, -0.05) is 36.4 Å². The fourth-order valence-corrected chi connectivity index (χ4v) is 2.56. The Hall–Kier alpha value is -2.28. The van der Waals surface area contributed by atoms with Crippen molar-refractivity contribution in [1.29, 1.82) is 0 Å². The molecule has 0 fully saturated rings. The summed E-state index contributed by atoms with van der Waals surface area (Å²) in [5.41, 5.74) is 1.20. The summed E-state index contributed by atoms with van der Waals surface area (Å²) in [5, 5.41) is 6.52. The van der Waals surface area contributed by atoms with Crippen molar-refractivity contribution >= 4 is 32.4 Å². The Morgan fingerprint density at radius 2 is 1.53 bits per heavy atom. The maximum Gasteiger partial charge on any atom is 0.0460 e. The number of aromatic nitrogens is 1. The molecule has 0 atom stereocenters. The molecule has 4 rings (SSSR count). The largest absolute Gasteiger partial charge is 0.361 e. The number of nitrogens with one attached hydrogen (secondary N) is 1. The van der Waals surface area contributed by atoms with Crippen LogP contribution in [0, 0.1) is 0 Å². The highest BCUT2D eigenvalue weighted by Crippen LogP contribution is 2.28. The number of aromatic amines is 1. The van der Waals surface area contributed by atoms with E-state index in [1.54, 1.807) is 0 Å². The van der Waals surface area contributed by atoms with Crippen LogP contribution in [0.4, 0.5) is 0 Å². The highest BCUT2D eigenvalue weighted by molar-refractivity contribution is 6.11. The Morgan fingerprint density at radius 3 is 2.53 bits per heavy atom. The van der Waals surface area contributed by atoms with E-state index in [0.717, 1.165) is 0 Å². The Labute approximate surface area is 98.7 Å². The number of benzene rings is 3. The van der Waals surface area contributed by atoms with Crippen LogP contribution < -0.4 is 0 Å². The van der Waals surface area contributed by atoms with Crippen molar-refractivity contribution in [2.75, 3.05) is 0 Å². The average molecular weight is 217 g/mol. The molecule has 0 bridgehead atoms. The van der Waals surface area contributed by atoms with Gasteiger partial charge in [-0.15, -0.1) is 0 Å². The Morgan fingerprint density at radius 1 is 0.647 bits per heavy atom. The van der Waals surface area contributed by atoms with E-state index in [1.807, 2.05) is 6.20 Å². The smallest absolute Gasteiger partial charge is 0.0460 e. The topological polar surface area (TPSA) is 15.8 Å². The predicted octanol–water partition coefficient (Wildman–Crippen LogP) is 4.47. The first-order valence-corrected chi connectivity index (χ1v) is 5.80. The number of hydrogen-bond acceptors (Lipinski definition) is 0. The zero-order valence-electron chi connectivity index (χ0n) is 9.27. The molecule has 1 nitrogen and oxygen atoms in total. The van der Waals surface area contributed by atoms with Crippen LogP contribution in [0.1, 0.15) is 0 Å². The van der Waals surface area contributed by atoms with Crippen LogP contribution in [0.2, 0.25) is 0 Å². The van der Waals surface area contributed by atoms with Crippen LogP contribution in [0.5, 0.6) is 0 Å². The minimum absolute atomic E-state index is 1.20. The molecule has 0 saturated heterocycles. The molecule has 80 valence electrons. The molecule has 1 heterocycles. The predicted molar refractivity (Wildman–Crippen MR) is 73.3 cm³/mol. The van der Waals surface area contributed by atoms with Gasteiger partial charge in [0.15, 0.2) is 0 Å². The van der Waals surface area contributed by atoms with Crippen LogP contribution in [0.3, 0.4) is 0 Å². The monoisotopic (exact) mass is 217 g/mol. The van der Waals surface area contributed by atoms with E-state index in [-0.39, 0.29) is 0 Å². The molecule has 1 aromatic heterocycles. The van der Waals surface area contributed by atoms with Gasteiger partial charge in [-0.25, -0.2) is 0 Å². The van der Waals surface area contributed by atoms with Gasteiger partial charge >= 0.3 is 0 Å². The van der Waals surface area contributed by atoms with Crippen molar-refractivity contribution in [2.45, 2.75) is 0 Å². The second kappa shape index (κ2) is 3.11. The summed E-state index contributed by atoms with van der Waals surface area (Å²) < 4.78 is 0. The summed E-state index contributed by atoms with van der Waals surface area (Å²) in [7, 11) is 0. The van der Waals surface area contributed by atoms with Gasteiger partial charge in [0.2, 0.25) is 0 Å². The molecule has 0 saturated carbocycles. The van der Waals surface area contributed by atoms with Crippen molar-refractivity contribution in [1.82, 2.24) is 4.98 Å². The van der Waals surface area contributed by atoms with Crippen LogP contribution in [0.15, 0.2) is 60.8 Å². The summed E-state index contributed by atoms with van der Waals surface area (Å²) in [4.78, 5) is 3.26. The van der Waals surface area contributed by atoms with Gasteiger partial charge in [0.05, 0.1) is 0 Å². The molecule has 0 spiro atoms. The summed E-state index contributed by atoms with van der Waals surface area (Å²) in [6.07, 6.45) is 1.99. The first-order chi connectivity index (χ1) is 8.42. The van der Waals surface area contributed by atoms with Gasteiger partial charge in [0, 0.05) is 17.1 Å². The fourth-order valence-electron chi connectivity index (χ4n) is 2.56. The Bertz CT molecular complexity index is 840. The lowest BCUT2D eigenvalue weighted by molar-refractivity contribution is 1.48. The lowest BCUT2D eigenvalue weighted by Crippen LogP contribution is -1.77. The number of hydrogen-bond donors (Lipinski definition) is 1. The molecule has 0 amide bonds. The average Bonchev–Trinajstić information content (AvgIpc) is 2.83. The molecule has 3 aromatic carbocycles. The van der Waals surface area contributed by atoms with Crippen molar-refractivity contribution in [3.05, 3.63) is 60.8 Å². The van der Waals surface area contributed by atoms with Gasteiger partial charge in [-0.3, -0.25) is 0 Å². The molecule has 17 heavy (non-hydrogen) atoms. The van der Waals surface area contributed by atoms with Gasteiger partial charge in [-0.05, 0) is 39.7 Å². The van der Waals surface area contributed by atoms with Gasteiger partial charge in [0.1, 0.15) is 0 Å². The van der Waals surface area contributed by atoms with E-state index in [4.69, 9.17) is 0 Å². The zero-order valence-corrected chi connectivity index (χ0v) is 9.27. The Balaban J connectivity index is 2.30. The highest BCUT2D eigenvalue weighted by Gasteiger charge is 2.02. The van der Waals surface area contributed by atoms with E-state index in [2.05, 4.69) is 59.6 Å². The third-order valence-corrected chi connectivity index (χ3v) is 3.42. The first-order valence-electron chi connectivity index (χ1n) is 5.80. The van der Waals surface area contributed by atoms with E-state index in [9.17, 15) is 0 Å². The van der Waals surface area contributed by atoms with Crippen molar-refractivity contribution < 1.29 is 0 Å². The molecule has 0 unspecified atom stereocenters. The minimum Gasteiger partial charge on any atom is -0.361 e. The van der Waals surface area contributed by atoms with Gasteiger partial charge in [-0.2, -0.15) is 0 Å². The molecule has 1 heteroatoms. The number of fused-ring (bicyclic) bond motifs is 4. The standard InChI is InChI=1S/C16H11N/c1-2-4-14-11(3-1)5-6-12-10-16-13(7-8-17-16)9-15(12)14/h1-10,17H. The van der Waals surface area contributed by atoms with Crippen LogP contribution in [0.25, 0.3) is 32.4 Å². The molecular formula is C16H11N. The third-order valence-electron chi connectivity index (χ3n) is 3.42. The summed E-state index contributed by atoms with van der Waals surface area (Å²) in [5.74, 6) is 0. The summed E-state index contributed by atoms with van der Waals surface area (Å²) in [6, 6.07) is 19.5. The van der Waals surface area contributed by atoms with Crippen molar-refractivity contribution in [3.8, 4) is 0 Å². The fraction of sp³-hybridized carbons (Fsp3) is 0. The molecular weight excluding hydrogens is 206 g/mol. The summed E-state index contributed by atoms with van der Waals surface area (Å²) >= 11 is 0. The SMILES string of the molecule is c1ccc2c(c1)ccc1cc3[nH]ccc3cc12. The lowest BCUT2D eigenvalue weighted by Gasteiger charge is -2.04. The molecule has 0 aliphatic rings. The van der Waals surface area contributed by atoms with E-state index in [0.29, 0.717) is 0 Å². The second-order valence-electron chi connectivity index (χ2n) is 4.42. The van der Waals surface area contributed by atoms with Gasteiger partial charge in [0.25, 0.3) is 0 Å². The normalized spacial score (nSPS) is 11.5. The maximum absolute atomic E-state index is 3.26. The van der Waals surface area contributed by atoms with E-state index < -0.39 is 0 Å². The van der Waals surface area contributed by atoms with E-state index in [1.165, 1.54) is 32.4 Å². The summed E-state index contributed by atoms with van der Waals surface area (Å²) in [6.45, 7) is 0. The zero-order chi connectivity index (χ0) is 11.2. The maximum atomic E-state index is 3.26. The van der Waals surface area contributed by atoms with Crippen molar-refractivity contribution in [2.24, 2.45) is 0 Å². The van der Waals surface area contributed by atoms with Crippen LogP contribution in [-0.2, 0) is 0 Å². The molecule has 1 N–H and O–H groups in total. The Kier molecular flexibility index (Phi) is 1.61. The van der Waals surface area contributed by atoms with Crippen molar-refractivity contribution in [3.63, 3.8) is 0 Å². The lowest BCUT2D eigenvalue weighted by atomic mass is 10.0. The van der Waals surface area contributed by atoms with E-state index >= 15 is 0 Å². The first kappa shape index (κ1) is 8.82. The minimum atomic E-state index is 1.20. The van der Waals surface area contributed by atoms with Crippen LogP contribution >= 0.6 is 0 Å². The third kappa shape index (κ3) is 1.19. The molecule has 0 aliphatic carbocycles. The van der Waals surface area contributed by atoms with Crippen LogP contribution in [-0.4, -0.2) is 4.98 Å². The number of rotatable bonds is 0. The molecule has 0 aliphatic heterocycles. The second-order valence-corrected chi connectivity index (χ2v) is 4.42.